The first-order valence-electron chi connectivity index (χ1n) is 6.49. The van der Waals surface area contributed by atoms with E-state index in [4.69, 9.17) is 5.73 Å². The molecule has 0 amide bonds. The van der Waals surface area contributed by atoms with Crippen molar-refractivity contribution >= 4 is 0 Å². The maximum Gasteiger partial charge on any atom is 0.416 e. The van der Waals surface area contributed by atoms with E-state index >= 15 is 0 Å². The van der Waals surface area contributed by atoms with Crippen molar-refractivity contribution in [3.63, 3.8) is 0 Å². The minimum atomic E-state index is -4.30. The fourth-order valence-electron chi connectivity index (χ4n) is 2.53. The van der Waals surface area contributed by atoms with E-state index in [1.807, 2.05) is 11.9 Å². The second-order valence-corrected chi connectivity index (χ2v) is 5.21. The molecule has 0 spiro atoms. The third kappa shape index (κ3) is 3.48. The molecule has 0 aliphatic heterocycles. The highest BCUT2D eigenvalue weighted by atomic mass is 19.4. The van der Waals surface area contributed by atoms with Crippen LogP contribution in [0.2, 0.25) is 0 Å². The molecule has 5 heteroatoms. The van der Waals surface area contributed by atoms with Gasteiger partial charge in [-0.2, -0.15) is 13.2 Å². The van der Waals surface area contributed by atoms with Gasteiger partial charge in [0.25, 0.3) is 0 Å². The number of halogens is 3. The Balaban J connectivity index is 2.14. The summed E-state index contributed by atoms with van der Waals surface area (Å²) in [6.45, 7) is 0.781. The standard InChI is InChI=1S/C14H19F3N2/c1-19(13(8-18)10-6-7-10)9-11-4-2-3-5-12(11)14(15,16)17/h2-5,10,13H,6-9,18H2,1H3. The van der Waals surface area contributed by atoms with E-state index in [1.165, 1.54) is 6.07 Å². The molecule has 1 saturated carbocycles. The first-order chi connectivity index (χ1) is 8.93. The molecule has 1 aromatic carbocycles. The van der Waals surface area contributed by atoms with Gasteiger partial charge in [-0.15, -0.1) is 0 Å². The minimum absolute atomic E-state index is 0.182. The van der Waals surface area contributed by atoms with Crippen molar-refractivity contribution in [3.8, 4) is 0 Å². The van der Waals surface area contributed by atoms with Crippen LogP contribution in [-0.4, -0.2) is 24.5 Å². The fourth-order valence-corrected chi connectivity index (χ4v) is 2.53. The highest BCUT2D eigenvalue weighted by molar-refractivity contribution is 5.29. The van der Waals surface area contributed by atoms with Crippen molar-refractivity contribution in [1.82, 2.24) is 4.90 Å². The topological polar surface area (TPSA) is 29.3 Å². The Hall–Kier alpha value is -1.07. The van der Waals surface area contributed by atoms with E-state index in [9.17, 15) is 13.2 Å². The van der Waals surface area contributed by atoms with Crippen LogP contribution in [0.15, 0.2) is 24.3 Å². The lowest BCUT2D eigenvalue weighted by atomic mass is 10.0. The normalized spacial score (nSPS) is 17.8. The molecule has 0 heterocycles. The molecule has 2 rings (SSSR count). The summed E-state index contributed by atoms with van der Waals surface area (Å²) in [6, 6.07) is 5.93. The summed E-state index contributed by atoms with van der Waals surface area (Å²) in [5.41, 5.74) is 5.50. The molecule has 1 unspecified atom stereocenters. The summed E-state index contributed by atoms with van der Waals surface area (Å²) >= 11 is 0. The van der Waals surface area contributed by atoms with Gasteiger partial charge >= 0.3 is 6.18 Å². The van der Waals surface area contributed by atoms with Crippen LogP contribution in [0.25, 0.3) is 0 Å². The zero-order valence-corrected chi connectivity index (χ0v) is 11.0. The molecule has 2 N–H and O–H groups in total. The number of hydrogen-bond acceptors (Lipinski definition) is 2. The predicted molar refractivity (Wildman–Crippen MR) is 68.5 cm³/mol. The molecule has 0 radical (unpaired) electrons. The van der Waals surface area contributed by atoms with Gasteiger partial charge in [0.05, 0.1) is 5.56 Å². The van der Waals surface area contributed by atoms with Gasteiger partial charge in [-0.1, -0.05) is 18.2 Å². The molecule has 0 bridgehead atoms. The van der Waals surface area contributed by atoms with Crippen molar-refractivity contribution in [2.75, 3.05) is 13.6 Å². The van der Waals surface area contributed by atoms with E-state index in [2.05, 4.69) is 0 Å². The van der Waals surface area contributed by atoms with Gasteiger partial charge in [0, 0.05) is 19.1 Å². The lowest BCUT2D eigenvalue weighted by molar-refractivity contribution is -0.138. The third-order valence-electron chi connectivity index (χ3n) is 3.72. The van der Waals surface area contributed by atoms with Crippen LogP contribution in [0.3, 0.4) is 0 Å². The number of benzene rings is 1. The number of hydrogen-bond donors (Lipinski definition) is 1. The van der Waals surface area contributed by atoms with E-state index < -0.39 is 11.7 Å². The Labute approximate surface area is 111 Å². The third-order valence-corrected chi connectivity index (χ3v) is 3.72. The Morgan fingerprint density at radius 1 is 1.32 bits per heavy atom. The summed E-state index contributed by atoms with van der Waals surface area (Å²) in [4.78, 5) is 1.95. The predicted octanol–water partition coefficient (Wildman–Crippen LogP) is 2.87. The molecule has 0 saturated heterocycles. The number of likely N-dealkylation sites (N-methyl/N-ethyl adjacent to an activating group) is 1. The van der Waals surface area contributed by atoms with E-state index in [0.717, 1.165) is 18.9 Å². The quantitative estimate of drug-likeness (QED) is 0.893. The van der Waals surface area contributed by atoms with Gasteiger partial charge in [-0.05, 0) is 37.4 Å². The summed E-state index contributed by atoms with van der Waals surface area (Å²) in [5.74, 6) is 0.549. The molecular weight excluding hydrogens is 253 g/mol. The number of rotatable bonds is 5. The molecule has 19 heavy (non-hydrogen) atoms. The Kier molecular flexibility index (Phi) is 4.16. The molecule has 1 fully saturated rings. The molecule has 1 atom stereocenters. The van der Waals surface area contributed by atoms with Gasteiger partial charge in [-0.3, -0.25) is 4.90 Å². The summed E-state index contributed by atoms with van der Waals surface area (Å²) in [6.07, 6.45) is -2.03. The van der Waals surface area contributed by atoms with E-state index in [0.29, 0.717) is 18.0 Å². The maximum absolute atomic E-state index is 12.9. The number of alkyl halides is 3. The Morgan fingerprint density at radius 3 is 2.47 bits per heavy atom. The van der Waals surface area contributed by atoms with Crippen LogP contribution < -0.4 is 5.73 Å². The molecule has 0 aromatic heterocycles. The zero-order valence-electron chi connectivity index (χ0n) is 11.0. The first kappa shape index (κ1) is 14.3. The molecule has 1 aliphatic rings. The van der Waals surface area contributed by atoms with Crippen LogP contribution in [0.5, 0.6) is 0 Å². The lowest BCUT2D eigenvalue weighted by Gasteiger charge is -2.28. The van der Waals surface area contributed by atoms with Crippen molar-refractivity contribution in [2.45, 2.75) is 31.6 Å². The molecule has 2 nitrogen and oxygen atoms in total. The van der Waals surface area contributed by atoms with E-state index in [1.54, 1.807) is 12.1 Å². The Morgan fingerprint density at radius 2 is 1.95 bits per heavy atom. The second-order valence-electron chi connectivity index (χ2n) is 5.21. The SMILES string of the molecule is CN(Cc1ccccc1C(F)(F)F)C(CN)C1CC1. The first-order valence-corrected chi connectivity index (χ1v) is 6.49. The average molecular weight is 272 g/mol. The van der Waals surface area contributed by atoms with Crippen LogP contribution in [-0.2, 0) is 12.7 Å². The monoisotopic (exact) mass is 272 g/mol. The second kappa shape index (κ2) is 5.51. The van der Waals surface area contributed by atoms with Crippen molar-refractivity contribution in [1.29, 1.82) is 0 Å². The number of nitrogens with zero attached hydrogens (tertiary/aromatic N) is 1. The highest BCUT2D eigenvalue weighted by Gasteiger charge is 2.35. The zero-order chi connectivity index (χ0) is 14.0. The van der Waals surface area contributed by atoms with Gasteiger partial charge in [0.1, 0.15) is 0 Å². The molecule has 1 aromatic rings. The van der Waals surface area contributed by atoms with Gasteiger partial charge in [0.2, 0.25) is 0 Å². The van der Waals surface area contributed by atoms with Gasteiger partial charge < -0.3 is 5.73 Å². The summed E-state index contributed by atoms with van der Waals surface area (Å²) < 4.78 is 38.7. The summed E-state index contributed by atoms with van der Waals surface area (Å²) in [7, 11) is 1.85. The number of nitrogens with two attached hydrogens (primary N) is 1. The summed E-state index contributed by atoms with van der Waals surface area (Å²) in [5, 5.41) is 0. The van der Waals surface area contributed by atoms with Gasteiger partial charge in [0.15, 0.2) is 0 Å². The van der Waals surface area contributed by atoms with E-state index in [-0.39, 0.29) is 12.6 Å². The smallest absolute Gasteiger partial charge is 0.329 e. The van der Waals surface area contributed by atoms with Crippen LogP contribution in [0.4, 0.5) is 13.2 Å². The van der Waals surface area contributed by atoms with Gasteiger partial charge in [-0.25, -0.2) is 0 Å². The largest absolute Gasteiger partial charge is 0.416 e. The highest BCUT2D eigenvalue weighted by Crippen LogP contribution is 2.36. The van der Waals surface area contributed by atoms with Crippen molar-refractivity contribution < 1.29 is 13.2 Å². The maximum atomic E-state index is 12.9. The molecule has 106 valence electrons. The van der Waals surface area contributed by atoms with Crippen molar-refractivity contribution in [3.05, 3.63) is 35.4 Å². The van der Waals surface area contributed by atoms with Crippen molar-refractivity contribution in [2.24, 2.45) is 11.7 Å². The average Bonchev–Trinajstić information content (AvgIpc) is 3.13. The lowest BCUT2D eigenvalue weighted by Crippen LogP contribution is -2.39. The minimum Gasteiger partial charge on any atom is -0.329 e. The molecule has 1 aliphatic carbocycles. The van der Waals surface area contributed by atoms with Crippen LogP contribution in [0, 0.1) is 5.92 Å². The molecular formula is C14H19F3N2. The fraction of sp³-hybridized carbons (Fsp3) is 0.571. The Bertz CT molecular complexity index is 427. The van der Waals surface area contributed by atoms with Crippen LogP contribution in [0.1, 0.15) is 24.0 Å². The van der Waals surface area contributed by atoms with Crippen LogP contribution >= 0.6 is 0 Å².